The molecule has 0 radical (unpaired) electrons. The van der Waals surface area contributed by atoms with Gasteiger partial charge in [-0.15, -0.1) is 0 Å². The van der Waals surface area contributed by atoms with E-state index < -0.39 is 0 Å². The van der Waals surface area contributed by atoms with Gasteiger partial charge in [-0.25, -0.2) is 0 Å². The van der Waals surface area contributed by atoms with Gasteiger partial charge in [0.05, 0.1) is 0 Å². The van der Waals surface area contributed by atoms with Crippen molar-refractivity contribution in [2.45, 2.75) is 20.3 Å². The van der Waals surface area contributed by atoms with E-state index in [4.69, 9.17) is 0 Å². The van der Waals surface area contributed by atoms with Crippen LogP contribution in [-0.4, -0.2) is 63.2 Å². The molecule has 1 unspecified atom stereocenters. The van der Waals surface area contributed by atoms with Crippen molar-refractivity contribution in [2.75, 3.05) is 53.4 Å². The third-order valence-electron chi connectivity index (χ3n) is 3.69. The fourth-order valence-corrected chi connectivity index (χ4v) is 2.26. The van der Waals surface area contributed by atoms with Crippen LogP contribution in [0.5, 0.6) is 0 Å². The van der Waals surface area contributed by atoms with Crippen LogP contribution in [0.1, 0.15) is 20.3 Å². The number of rotatable bonds is 8. The number of nitrogens with zero attached hydrogens (tertiary/aromatic N) is 2. The Morgan fingerprint density at radius 2 is 1.94 bits per heavy atom. The van der Waals surface area contributed by atoms with E-state index in [1.165, 1.54) is 45.7 Å². The molecular formula is C13H29N3. The van der Waals surface area contributed by atoms with Gasteiger partial charge in [-0.3, -0.25) is 0 Å². The number of hydrogen-bond acceptors (Lipinski definition) is 3. The average Bonchev–Trinajstić information content (AvgIpc) is 2.12. The van der Waals surface area contributed by atoms with Gasteiger partial charge in [0.25, 0.3) is 0 Å². The summed E-state index contributed by atoms with van der Waals surface area (Å²) >= 11 is 0. The molecule has 0 aromatic rings. The van der Waals surface area contributed by atoms with E-state index in [-0.39, 0.29) is 0 Å². The Morgan fingerprint density at radius 1 is 1.25 bits per heavy atom. The van der Waals surface area contributed by atoms with Gasteiger partial charge in [0.2, 0.25) is 0 Å². The summed E-state index contributed by atoms with van der Waals surface area (Å²) in [5.74, 6) is 1.77. The molecule has 0 saturated carbocycles. The van der Waals surface area contributed by atoms with E-state index in [0.29, 0.717) is 0 Å². The summed E-state index contributed by atoms with van der Waals surface area (Å²) in [7, 11) is 4.30. The molecule has 0 aromatic heterocycles. The lowest BCUT2D eigenvalue weighted by Gasteiger charge is -2.35. The summed E-state index contributed by atoms with van der Waals surface area (Å²) in [6, 6.07) is 0. The van der Waals surface area contributed by atoms with Gasteiger partial charge in [0.1, 0.15) is 0 Å². The van der Waals surface area contributed by atoms with Crippen LogP contribution in [0.15, 0.2) is 0 Å². The fraction of sp³-hybridized carbons (Fsp3) is 1.00. The van der Waals surface area contributed by atoms with Gasteiger partial charge >= 0.3 is 0 Å². The van der Waals surface area contributed by atoms with Crippen LogP contribution >= 0.6 is 0 Å². The molecule has 3 heteroatoms. The van der Waals surface area contributed by atoms with Crippen LogP contribution in [0.25, 0.3) is 0 Å². The zero-order valence-corrected chi connectivity index (χ0v) is 11.5. The minimum absolute atomic E-state index is 0.848. The molecule has 96 valence electrons. The van der Waals surface area contributed by atoms with E-state index in [1.807, 2.05) is 0 Å². The predicted octanol–water partition coefficient (Wildman–Crippen LogP) is 1.12. The van der Waals surface area contributed by atoms with Crippen LogP contribution in [0.3, 0.4) is 0 Å². The second-order valence-corrected chi connectivity index (χ2v) is 5.45. The van der Waals surface area contributed by atoms with Gasteiger partial charge in [0.15, 0.2) is 0 Å². The number of nitrogens with one attached hydrogen (secondary N) is 1. The zero-order chi connectivity index (χ0) is 12.0. The molecule has 1 aliphatic rings. The summed E-state index contributed by atoms with van der Waals surface area (Å²) in [4.78, 5) is 4.87. The maximum Gasteiger partial charge on any atom is 0.00105 e. The summed E-state index contributed by atoms with van der Waals surface area (Å²) in [5, 5.41) is 3.37. The average molecular weight is 227 g/mol. The Morgan fingerprint density at radius 3 is 2.38 bits per heavy atom. The Hall–Kier alpha value is -0.120. The maximum atomic E-state index is 3.37. The minimum atomic E-state index is 0.848. The highest BCUT2D eigenvalue weighted by molar-refractivity contribution is 4.81. The lowest BCUT2D eigenvalue weighted by atomic mass is 9.88. The third-order valence-corrected chi connectivity index (χ3v) is 3.69. The topological polar surface area (TPSA) is 18.5 Å². The third kappa shape index (κ3) is 4.81. The molecule has 1 N–H and O–H groups in total. The monoisotopic (exact) mass is 227 g/mol. The fourth-order valence-electron chi connectivity index (χ4n) is 2.26. The normalized spacial score (nSPS) is 19.1. The Kier molecular flexibility index (Phi) is 6.32. The first-order valence-electron chi connectivity index (χ1n) is 6.71. The molecule has 1 atom stereocenters. The van der Waals surface area contributed by atoms with Gasteiger partial charge in [0, 0.05) is 6.54 Å². The van der Waals surface area contributed by atoms with Crippen molar-refractivity contribution >= 4 is 0 Å². The van der Waals surface area contributed by atoms with Crippen LogP contribution in [-0.2, 0) is 0 Å². The van der Waals surface area contributed by atoms with Crippen molar-refractivity contribution in [3.8, 4) is 0 Å². The molecule has 1 heterocycles. The van der Waals surface area contributed by atoms with E-state index >= 15 is 0 Å². The van der Waals surface area contributed by atoms with Gasteiger partial charge in [-0.2, -0.15) is 0 Å². The molecule has 0 spiro atoms. The first-order valence-corrected chi connectivity index (χ1v) is 6.71. The maximum absolute atomic E-state index is 3.37. The zero-order valence-electron chi connectivity index (χ0n) is 11.5. The Bertz CT molecular complexity index is 178. The molecule has 1 rings (SSSR count). The molecule has 1 saturated heterocycles. The predicted molar refractivity (Wildman–Crippen MR) is 70.8 cm³/mol. The highest BCUT2D eigenvalue weighted by Crippen LogP contribution is 2.17. The van der Waals surface area contributed by atoms with Gasteiger partial charge < -0.3 is 15.1 Å². The summed E-state index contributed by atoms with van der Waals surface area (Å²) < 4.78 is 0. The molecular weight excluding hydrogens is 198 g/mol. The molecule has 16 heavy (non-hydrogen) atoms. The van der Waals surface area contributed by atoms with E-state index in [0.717, 1.165) is 11.8 Å². The van der Waals surface area contributed by atoms with E-state index in [2.05, 4.69) is 43.1 Å². The first-order chi connectivity index (χ1) is 7.63. The standard InChI is InChI=1S/C13H29N3/c1-5-16(8-6-7-15(3)4)11-12(2)13-9-14-10-13/h12-14H,5-11H2,1-4H3. The first kappa shape index (κ1) is 13.9. The minimum Gasteiger partial charge on any atom is -0.316 e. The number of hydrogen-bond donors (Lipinski definition) is 1. The lowest BCUT2D eigenvalue weighted by Crippen LogP contribution is -2.48. The molecule has 3 nitrogen and oxygen atoms in total. The Balaban J connectivity index is 2.14. The molecule has 0 bridgehead atoms. The molecule has 0 aliphatic carbocycles. The Labute approximate surface area is 101 Å². The second kappa shape index (κ2) is 7.25. The quantitative estimate of drug-likeness (QED) is 0.670. The van der Waals surface area contributed by atoms with Crippen LogP contribution < -0.4 is 5.32 Å². The second-order valence-electron chi connectivity index (χ2n) is 5.45. The van der Waals surface area contributed by atoms with Crippen molar-refractivity contribution in [1.29, 1.82) is 0 Å². The largest absolute Gasteiger partial charge is 0.316 e. The van der Waals surface area contributed by atoms with Crippen LogP contribution in [0.4, 0.5) is 0 Å². The van der Waals surface area contributed by atoms with Crippen molar-refractivity contribution in [2.24, 2.45) is 11.8 Å². The lowest BCUT2D eigenvalue weighted by molar-refractivity contribution is 0.166. The summed E-state index contributed by atoms with van der Waals surface area (Å²) in [6.07, 6.45) is 1.29. The van der Waals surface area contributed by atoms with Crippen molar-refractivity contribution in [3.63, 3.8) is 0 Å². The summed E-state index contributed by atoms with van der Waals surface area (Å²) in [6.45, 7) is 12.1. The summed E-state index contributed by atoms with van der Waals surface area (Å²) in [5.41, 5.74) is 0. The van der Waals surface area contributed by atoms with Crippen molar-refractivity contribution in [1.82, 2.24) is 15.1 Å². The van der Waals surface area contributed by atoms with Crippen LogP contribution in [0, 0.1) is 11.8 Å². The van der Waals surface area contributed by atoms with Crippen molar-refractivity contribution in [3.05, 3.63) is 0 Å². The molecule has 0 amide bonds. The van der Waals surface area contributed by atoms with E-state index in [9.17, 15) is 0 Å². The van der Waals surface area contributed by atoms with Gasteiger partial charge in [-0.1, -0.05) is 13.8 Å². The highest BCUT2D eigenvalue weighted by atomic mass is 15.1. The van der Waals surface area contributed by atoms with E-state index in [1.54, 1.807) is 0 Å². The van der Waals surface area contributed by atoms with Crippen LogP contribution in [0.2, 0.25) is 0 Å². The van der Waals surface area contributed by atoms with Gasteiger partial charge in [-0.05, 0) is 65.1 Å². The molecule has 1 fully saturated rings. The SMILES string of the molecule is CCN(CCCN(C)C)CC(C)C1CNC1. The molecule has 1 aliphatic heterocycles. The van der Waals surface area contributed by atoms with Crippen molar-refractivity contribution < 1.29 is 0 Å². The smallest absolute Gasteiger partial charge is 0.00105 e. The molecule has 0 aromatic carbocycles. The highest BCUT2D eigenvalue weighted by Gasteiger charge is 2.24.